The SMILES string of the molecule is Nc1cc(N2CCCC2C2CCCC2)ccc1S(N)(=O)=O. The number of hydrogen-bond acceptors (Lipinski definition) is 4. The highest BCUT2D eigenvalue weighted by molar-refractivity contribution is 7.89. The van der Waals surface area contributed by atoms with Gasteiger partial charge in [0.25, 0.3) is 0 Å². The van der Waals surface area contributed by atoms with E-state index in [9.17, 15) is 8.42 Å². The summed E-state index contributed by atoms with van der Waals surface area (Å²) in [6.07, 6.45) is 7.71. The first kappa shape index (κ1) is 14.7. The second kappa shape index (κ2) is 5.50. The molecule has 0 radical (unpaired) electrons. The quantitative estimate of drug-likeness (QED) is 0.837. The average Bonchev–Trinajstić information content (AvgIpc) is 3.08. The molecular weight excluding hydrogens is 286 g/mol. The van der Waals surface area contributed by atoms with E-state index >= 15 is 0 Å². The van der Waals surface area contributed by atoms with Crippen LogP contribution in [-0.2, 0) is 10.0 Å². The molecule has 0 aromatic heterocycles. The van der Waals surface area contributed by atoms with Crippen molar-refractivity contribution in [1.82, 2.24) is 0 Å². The van der Waals surface area contributed by atoms with E-state index in [4.69, 9.17) is 10.9 Å². The summed E-state index contributed by atoms with van der Waals surface area (Å²) in [5.74, 6) is 0.770. The highest BCUT2D eigenvalue weighted by Gasteiger charge is 2.33. The van der Waals surface area contributed by atoms with Gasteiger partial charge in [-0.15, -0.1) is 0 Å². The topological polar surface area (TPSA) is 89.4 Å². The maximum atomic E-state index is 11.4. The molecule has 1 aromatic rings. The molecule has 0 bridgehead atoms. The smallest absolute Gasteiger partial charge is 0.240 e. The molecule has 1 unspecified atom stereocenters. The summed E-state index contributed by atoms with van der Waals surface area (Å²) in [5, 5.41) is 5.17. The first-order valence-electron chi connectivity index (χ1n) is 7.66. The van der Waals surface area contributed by atoms with Gasteiger partial charge in [0.05, 0.1) is 5.69 Å². The van der Waals surface area contributed by atoms with Gasteiger partial charge in [-0.3, -0.25) is 0 Å². The number of nitrogen functional groups attached to an aromatic ring is 1. The Morgan fingerprint density at radius 1 is 1.10 bits per heavy atom. The molecule has 0 spiro atoms. The minimum atomic E-state index is -3.75. The zero-order valence-corrected chi connectivity index (χ0v) is 13.0. The molecule has 1 aliphatic heterocycles. The number of nitrogens with zero attached hydrogens (tertiary/aromatic N) is 1. The van der Waals surface area contributed by atoms with Crippen LogP contribution in [0.3, 0.4) is 0 Å². The van der Waals surface area contributed by atoms with Crippen LogP contribution >= 0.6 is 0 Å². The first-order valence-corrected chi connectivity index (χ1v) is 9.20. The van der Waals surface area contributed by atoms with Gasteiger partial charge in [0.15, 0.2) is 0 Å². The van der Waals surface area contributed by atoms with Crippen LogP contribution < -0.4 is 15.8 Å². The molecule has 1 saturated heterocycles. The Labute approximate surface area is 126 Å². The molecule has 6 heteroatoms. The minimum absolute atomic E-state index is 0.0165. The Kier molecular flexibility index (Phi) is 3.84. The maximum absolute atomic E-state index is 11.4. The Morgan fingerprint density at radius 2 is 1.81 bits per heavy atom. The van der Waals surface area contributed by atoms with Crippen molar-refractivity contribution in [1.29, 1.82) is 0 Å². The van der Waals surface area contributed by atoms with Crippen LogP contribution in [0.4, 0.5) is 11.4 Å². The van der Waals surface area contributed by atoms with E-state index in [1.54, 1.807) is 6.07 Å². The van der Waals surface area contributed by atoms with Gasteiger partial charge in [0, 0.05) is 18.3 Å². The fourth-order valence-corrected chi connectivity index (χ4v) is 4.56. The summed E-state index contributed by atoms with van der Waals surface area (Å²) in [4.78, 5) is 2.42. The highest BCUT2D eigenvalue weighted by atomic mass is 32.2. The van der Waals surface area contributed by atoms with Crippen LogP contribution in [0, 0.1) is 5.92 Å². The Hall–Kier alpha value is -1.27. The van der Waals surface area contributed by atoms with Gasteiger partial charge in [-0.25, -0.2) is 13.6 Å². The van der Waals surface area contributed by atoms with E-state index in [0.29, 0.717) is 6.04 Å². The normalized spacial score (nSPS) is 23.9. The molecule has 2 aliphatic rings. The molecule has 4 N–H and O–H groups in total. The van der Waals surface area contributed by atoms with E-state index in [1.807, 2.05) is 6.07 Å². The second-order valence-corrected chi connectivity index (χ2v) is 7.74. The maximum Gasteiger partial charge on any atom is 0.240 e. The van der Waals surface area contributed by atoms with Gasteiger partial charge < -0.3 is 10.6 Å². The fourth-order valence-electron chi connectivity index (χ4n) is 3.92. The Morgan fingerprint density at radius 3 is 2.43 bits per heavy atom. The van der Waals surface area contributed by atoms with E-state index in [2.05, 4.69) is 4.90 Å². The van der Waals surface area contributed by atoms with E-state index in [-0.39, 0.29) is 10.6 Å². The van der Waals surface area contributed by atoms with Crippen LogP contribution in [0.25, 0.3) is 0 Å². The molecule has 21 heavy (non-hydrogen) atoms. The van der Waals surface area contributed by atoms with Crippen LogP contribution in [0.5, 0.6) is 0 Å². The van der Waals surface area contributed by atoms with Crippen molar-refractivity contribution < 1.29 is 8.42 Å². The van der Waals surface area contributed by atoms with Crippen molar-refractivity contribution in [2.75, 3.05) is 17.2 Å². The number of benzene rings is 1. The Balaban J connectivity index is 1.87. The van der Waals surface area contributed by atoms with Crippen molar-refractivity contribution in [3.8, 4) is 0 Å². The zero-order valence-electron chi connectivity index (χ0n) is 12.2. The van der Waals surface area contributed by atoms with Crippen LogP contribution in [0.2, 0.25) is 0 Å². The van der Waals surface area contributed by atoms with Gasteiger partial charge >= 0.3 is 0 Å². The van der Waals surface area contributed by atoms with E-state index < -0.39 is 10.0 Å². The van der Waals surface area contributed by atoms with Crippen LogP contribution in [-0.4, -0.2) is 21.0 Å². The average molecular weight is 309 g/mol. The summed E-state index contributed by atoms with van der Waals surface area (Å²) in [6, 6.07) is 5.70. The molecule has 1 heterocycles. The summed E-state index contributed by atoms with van der Waals surface area (Å²) < 4.78 is 22.9. The van der Waals surface area contributed by atoms with Gasteiger partial charge in [0.1, 0.15) is 4.90 Å². The van der Waals surface area contributed by atoms with Crippen LogP contribution in [0.15, 0.2) is 23.1 Å². The van der Waals surface area contributed by atoms with Crippen molar-refractivity contribution in [3.05, 3.63) is 18.2 Å². The standard InChI is InChI=1S/C15H23N3O2S/c16-13-10-12(7-8-15(13)21(17,19)20)18-9-3-6-14(18)11-4-1-2-5-11/h7-8,10-11,14H,1-6,9,16H2,(H2,17,19,20). The molecule has 0 amide bonds. The number of sulfonamides is 1. The van der Waals surface area contributed by atoms with Gasteiger partial charge in [-0.2, -0.15) is 0 Å². The largest absolute Gasteiger partial charge is 0.398 e. The fraction of sp³-hybridized carbons (Fsp3) is 0.600. The van der Waals surface area contributed by atoms with Crippen molar-refractivity contribution >= 4 is 21.4 Å². The number of nitrogens with two attached hydrogens (primary N) is 2. The van der Waals surface area contributed by atoms with Gasteiger partial charge in [-0.05, 0) is 49.8 Å². The summed E-state index contributed by atoms with van der Waals surface area (Å²) in [6.45, 7) is 1.02. The van der Waals surface area contributed by atoms with Gasteiger partial charge in [0.2, 0.25) is 10.0 Å². The molecular formula is C15H23N3O2S. The predicted molar refractivity (Wildman–Crippen MR) is 84.6 cm³/mol. The van der Waals surface area contributed by atoms with Crippen molar-refractivity contribution in [3.63, 3.8) is 0 Å². The molecule has 5 nitrogen and oxygen atoms in total. The number of rotatable bonds is 3. The summed E-state index contributed by atoms with van der Waals surface area (Å²) in [5.41, 5.74) is 7.15. The molecule has 1 aliphatic carbocycles. The van der Waals surface area contributed by atoms with Crippen molar-refractivity contribution in [2.24, 2.45) is 11.1 Å². The predicted octanol–water partition coefficient (Wildman–Crippen LogP) is 2.08. The van der Waals surface area contributed by atoms with Crippen molar-refractivity contribution in [2.45, 2.75) is 49.5 Å². The van der Waals surface area contributed by atoms with E-state index in [1.165, 1.54) is 44.6 Å². The lowest BCUT2D eigenvalue weighted by Gasteiger charge is -2.31. The monoisotopic (exact) mass is 309 g/mol. The zero-order chi connectivity index (χ0) is 15.0. The minimum Gasteiger partial charge on any atom is -0.398 e. The third-order valence-corrected chi connectivity index (χ3v) is 5.86. The first-order chi connectivity index (χ1) is 9.97. The second-order valence-electron chi connectivity index (χ2n) is 6.21. The molecule has 3 rings (SSSR count). The molecule has 116 valence electrons. The van der Waals surface area contributed by atoms with Gasteiger partial charge in [-0.1, -0.05) is 12.8 Å². The Bertz CT molecular complexity index is 624. The number of anilines is 2. The highest BCUT2D eigenvalue weighted by Crippen LogP contribution is 2.38. The van der Waals surface area contributed by atoms with E-state index in [0.717, 1.165) is 18.2 Å². The third kappa shape index (κ3) is 2.87. The third-order valence-electron chi connectivity index (χ3n) is 4.87. The molecule has 2 fully saturated rings. The number of primary sulfonamides is 1. The summed E-state index contributed by atoms with van der Waals surface area (Å²) >= 11 is 0. The molecule has 1 saturated carbocycles. The lowest BCUT2D eigenvalue weighted by molar-refractivity contribution is 0.431. The lowest BCUT2D eigenvalue weighted by atomic mass is 9.95. The summed E-state index contributed by atoms with van der Waals surface area (Å²) in [7, 11) is -3.75. The van der Waals surface area contributed by atoms with Crippen LogP contribution in [0.1, 0.15) is 38.5 Å². The lowest BCUT2D eigenvalue weighted by Crippen LogP contribution is -2.34. The molecule has 1 atom stereocenters. The number of hydrogen-bond donors (Lipinski definition) is 2. The molecule has 1 aromatic carbocycles.